The van der Waals surface area contributed by atoms with Gasteiger partial charge in [-0.1, -0.05) is 6.92 Å². The van der Waals surface area contributed by atoms with Crippen LogP contribution in [0.1, 0.15) is 32.6 Å². The molecule has 0 aliphatic carbocycles. The quantitative estimate of drug-likeness (QED) is 0.460. The van der Waals surface area contributed by atoms with Crippen LogP contribution in [0.5, 0.6) is 0 Å². The maximum absolute atomic E-state index is 11.1. The molecule has 0 spiro atoms. The molecule has 3 atom stereocenters. The fraction of sp³-hybridized carbons (Fsp3) is 0.667. The van der Waals surface area contributed by atoms with Crippen LogP contribution in [0.25, 0.3) is 0 Å². The van der Waals surface area contributed by atoms with E-state index in [1.165, 1.54) is 6.92 Å². The van der Waals surface area contributed by atoms with E-state index in [2.05, 4.69) is 0 Å². The summed E-state index contributed by atoms with van der Waals surface area (Å²) >= 11 is 0. The molecule has 0 bridgehead atoms. The van der Waals surface area contributed by atoms with Gasteiger partial charge in [0.15, 0.2) is 0 Å². The number of aliphatic carboxylic acids is 4. The highest BCUT2D eigenvalue weighted by atomic mass is 16.4. The Balaban J connectivity index is 4.74. The van der Waals surface area contributed by atoms with Gasteiger partial charge in [-0.2, -0.15) is 0 Å². The molecular formula is C12H18O8. The summed E-state index contributed by atoms with van der Waals surface area (Å²) in [5, 5.41) is 35.2. The molecule has 4 N–H and O–H groups in total. The van der Waals surface area contributed by atoms with E-state index in [0.29, 0.717) is 0 Å². The van der Waals surface area contributed by atoms with E-state index >= 15 is 0 Å². The van der Waals surface area contributed by atoms with E-state index in [9.17, 15) is 19.2 Å². The molecule has 0 amide bonds. The van der Waals surface area contributed by atoms with E-state index in [1.807, 2.05) is 0 Å². The number of hydrogen-bond acceptors (Lipinski definition) is 4. The standard InChI is InChI=1S/C12H18O8/c1-6(10(15)16)4-8(12(19)20)5-7(11(17)18)2-3-9(13)14/h6-8H,2-5H2,1H3,(H,13,14)(H,15,16)(H,17,18)(H,19,20)/t6-,7-,8-/m0/s1. The third-order valence-corrected chi connectivity index (χ3v) is 3.03. The van der Waals surface area contributed by atoms with Crippen molar-refractivity contribution in [2.75, 3.05) is 0 Å². The molecule has 0 aliphatic heterocycles. The smallest absolute Gasteiger partial charge is 0.306 e. The van der Waals surface area contributed by atoms with Gasteiger partial charge in [-0.15, -0.1) is 0 Å². The number of carbonyl (C=O) groups is 4. The van der Waals surface area contributed by atoms with Crippen molar-refractivity contribution in [2.45, 2.75) is 32.6 Å². The van der Waals surface area contributed by atoms with Crippen molar-refractivity contribution in [2.24, 2.45) is 17.8 Å². The number of rotatable bonds is 10. The lowest BCUT2D eigenvalue weighted by Gasteiger charge is -2.19. The number of hydrogen-bond donors (Lipinski definition) is 4. The first-order valence-corrected chi connectivity index (χ1v) is 6.05. The van der Waals surface area contributed by atoms with Crippen LogP contribution in [0.2, 0.25) is 0 Å². The Kier molecular flexibility index (Phi) is 7.27. The summed E-state index contributed by atoms with van der Waals surface area (Å²) in [4.78, 5) is 43.2. The van der Waals surface area contributed by atoms with Crippen molar-refractivity contribution in [3.63, 3.8) is 0 Å². The predicted molar refractivity (Wildman–Crippen MR) is 65.2 cm³/mol. The van der Waals surface area contributed by atoms with Gasteiger partial charge in [0.1, 0.15) is 0 Å². The summed E-state index contributed by atoms with van der Waals surface area (Å²) in [7, 11) is 0. The third-order valence-electron chi connectivity index (χ3n) is 3.03. The fourth-order valence-electron chi connectivity index (χ4n) is 1.81. The second kappa shape index (κ2) is 8.13. The van der Waals surface area contributed by atoms with E-state index in [-0.39, 0.29) is 25.7 Å². The monoisotopic (exact) mass is 290 g/mol. The molecule has 0 saturated carbocycles. The summed E-state index contributed by atoms with van der Waals surface area (Å²) in [6.07, 6.45) is -1.04. The summed E-state index contributed by atoms with van der Waals surface area (Å²) in [6, 6.07) is 0. The lowest BCUT2D eigenvalue weighted by molar-refractivity contribution is -0.147. The Hall–Kier alpha value is -2.12. The summed E-state index contributed by atoms with van der Waals surface area (Å²) < 4.78 is 0. The normalized spacial score (nSPS) is 15.1. The van der Waals surface area contributed by atoms with Crippen molar-refractivity contribution >= 4 is 23.9 Å². The average Bonchev–Trinajstić information content (AvgIpc) is 2.31. The van der Waals surface area contributed by atoms with Crippen LogP contribution in [0.15, 0.2) is 0 Å². The third kappa shape index (κ3) is 6.72. The van der Waals surface area contributed by atoms with Crippen molar-refractivity contribution in [3.8, 4) is 0 Å². The van der Waals surface area contributed by atoms with Gasteiger partial charge in [-0.25, -0.2) is 0 Å². The van der Waals surface area contributed by atoms with Gasteiger partial charge in [0.25, 0.3) is 0 Å². The van der Waals surface area contributed by atoms with Gasteiger partial charge < -0.3 is 20.4 Å². The van der Waals surface area contributed by atoms with Gasteiger partial charge in [-0.3, -0.25) is 19.2 Å². The minimum atomic E-state index is -1.28. The summed E-state index contributed by atoms with van der Waals surface area (Å²) in [5.74, 6) is -8.04. The maximum atomic E-state index is 11.1. The molecule has 0 aliphatic rings. The van der Waals surface area contributed by atoms with Crippen LogP contribution in [-0.4, -0.2) is 44.3 Å². The molecule has 0 aromatic carbocycles. The van der Waals surface area contributed by atoms with E-state index in [4.69, 9.17) is 20.4 Å². The molecule has 8 heteroatoms. The zero-order valence-electron chi connectivity index (χ0n) is 11.0. The fourth-order valence-corrected chi connectivity index (χ4v) is 1.81. The molecular weight excluding hydrogens is 272 g/mol. The molecule has 0 aromatic rings. The highest BCUT2D eigenvalue weighted by molar-refractivity contribution is 5.76. The first kappa shape index (κ1) is 17.9. The van der Waals surface area contributed by atoms with Crippen LogP contribution in [0.4, 0.5) is 0 Å². The highest BCUT2D eigenvalue weighted by Gasteiger charge is 2.30. The Bertz CT molecular complexity index is 389. The Morgan fingerprint density at radius 2 is 1.30 bits per heavy atom. The first-order valence-electron chi connectivity index (χ1n) is 6.05. The molecule has 0 unspecified atom stereocenters. The largest absolute Gasteiger partial charge is 0.481 e. The molecule has 0 radical (unpaired) electrons. The minimum Gasteiger partial charge on any atom is -0.481 e. The molecule has 8 nitrogen and oxygen atoms in total. The predicted octanol–water partition coefficient (Wildman–Crippen LogP) is 0.754. The molecule has 114 valence electrons. The zero-order chi connectivity index (χ0) is 15.9. The maximum Gasteiger partial charge on any atom is 0.306 e. The second-order valence-electron chi connectivity index (χ2n) is 4.71. The SMILES string of the molecule is C[C@@H](C[C@@H](C[C@H](CCC(=O)O)C(=O)O)C(=O)O)C(=O)O. The van der Waals surface area contributed by atoms with Gasteiger partial charge >= 0.3 is 23.9 Å². The topological polar surface area (TPSA) is 149 Å². The van der Waals surface area contributed by atoms with Crippen molar-refractivity contribution in [3.05, 3.63) is 0 Å². The van der Waals surface area contributed by atoms with Crippen molar-refractivity contribution < 1.29 is 39.6 Å². The molecule has 0 fully saturated rings. The molecule has 20 heavy (non-hydrogen) atoms. The zero-order valence-corrected chi connectivity index (χ0v) is 11.0. The Morgan fingerprint density at radius 1 is 0.800 bits per heavy atom. The Morgan fingerprint density at radius 3 is 1.65 bits per heavy atom. The van der Waals surface area contributed by atoms with Gasteiger partial charge in [0.2, 0.25) is 0 Å². The number of carboxylic acids is 4. The first-order chi connectivity index (χ1) is 9.15. The molecule has 0 heterocycles. The lowest BCUT2D eigenvalue weighted by Crippen LogP contribution is -2.26. The summed E-state index contributed by atoms with van der Waals surface area (Å²) in [5.41, 5.74) is 0. The molecule has 0 saturated heterocycles. The van der Waals surface area contributed by atoms with E-state index in [1.54, 1.807) is 0 Å². The van der Waals surface area contributed by atoms with Crippen molar-refractivity contribution in [1.29, 1.82) is 0 Å². The molecule has 0 rings (SSSR count). The Labute approximate surface area is 115 Å². The van der Waals surface area contributed by atoms with Crippen molar-refractivity contribution in [1.82, 2.24) is 0 Å². The van der Waals surface area contributed by atoms with Gasteiger partial charge in [-0.05, 0) is 19.3 Å². The van der Waals surface area contributed by atoms with Gasteiger partial charge in [0, 0.05) is 6.42 Å². The lowest BCUT2D eigenvalue weighted by atomic mass is 9.85. The minimum absolute atomic E-state index is 0.185. The summed E-state index contributed by atoms with van der Waals surface area (Å²) in [6.45, 7) is 1.34. The number of carboxylic acid groups (broad SMARTS) is 4. The molecule has 0 aromatic heterocycles. The van der Waals surface area contributed by atoms with E-state index in [0.717, 1.165) is 0 Å². The van der Waals surface area contributed by atoms with Crippen LogP contribution in [0.3, 0.4) is 0 Å². The van der Waals surface area contributed by atoms with Crippen LogP contribution < -0.4 is 0 Å². The highest BCUT2D eigenvalue weighted by Crippen LogP contribution is 2.24. The van der Waals surface area contributed by atoms with Gasteiger partial charge in [0.05, 0.1) is 17.8 Å². The van der Waals surface area contributed by atoms with E-state index < -0.39 is 41.6 Å². The van der Waals surface area contributed by atoms with Crippen LogP contribution in [0, 0.1) is 17.8 Å². The average molecular weight is 290 g/mol. The van der Waals surface area contributed by atoms with Crippen LogP contribution in [-0.2, 0) is 19.2 Å². The second-order valence-corrected chi connectivity index (χ2v) is 4.71. The van der Waals surface area contributed by atoms with Crippen LogP contribution >= 0.6 is 0 Å².